The minimum absolute atomic E-state index is 0.595. The number of hydrogen-bond acceptors (Lipinski definition) is 5. The Morgan fingerprint density at radius 1 is 0.452 bits per heavy atom. The Labute approximate surface area is 246 Å². The van der Waals surface area contributed by atoms with Crippen molar-refractivity contribution in [1.82, 2.24) is 19.9 Å². The molecule has 8 rings (SSSR count). The van der Waals surface area contributed by atoms with E-state index in [0.717, 1.165) is 60.8 Å². The average Bonchev–Trinajstić information content (AvgIpc) is 3.45. The SMILES string of the molecule is Clc1cccc2c1nc(-c1ccc(-c3nc(-c4ccccc4)nc(-c4ccccc4)n3)cc1)c1oc3ccccc3c12. The van der Waals surface area contributed by atoms with Crippen LogP contribution in [0.2, 0.25) is 5.02 Å². The van der Waals surface area contributed by atoms with Crippen molar-refractivity contribution < 1.29 is 4.42 Å². The van der Waals surface area contributed by atoms with Gasteiger partial charge >= 0.3 is 0 Å². The third-order valence-corrected chi connectivity index (χ3v) is 7.71. The molecule has 3 aromatic heterocycles. The van der Waals surface area contributed by atoms with Crippen LogP contribution in [0.4, 0.5) is 0 Å². The van der Waals surface area contributed by atoms with E-state index in [-0.39, 0.29) is 0 Å². The Kier molecular flexibility index (Phi) is 5.76. The van der Waals surface area contributed by atoms with Gasteiger partial charge in [0.05, 0.1) is 10.5 Å². The summed E-state index contributed by atoms with van der Waals surface area (Å²) in [7, 11) is 0. The van der Waals surface area contributed by atoms with E-state index in [2.05, 4.69) is 6.07 Å². The van der Waals surface area contributed by atoms with Crippen molar-refractivity contribution in [1.29, 1.82) is 0 Å². The van der Waals surface area contributed by atoms with E-state index in [9.17, 15) is 0 Å². The number of hydrogen-bond donors (Lipinski definition) is 0. The van der Waals surface area contributed by atoms with Gasteiger partial charge in [-0.05, 0) is 12.1 Å². The fourth-order valence-corrected chi connectivity index (χ4v) is 5.60. The Balaban J connectivity index is 1.29. The first-order chi connectivity index (χ1) is 20.7. The number of benzene rings is 5. The maximum atomic E-state index is 6.66. The lowest BCUT2D eigenvalue weighted by Crippen LogP contribution is -2.00. The Morgan fingerprint density at radius 3 is 1.62 bits per heavy atom. The number of halogens is 1. The molecule has 42 heavy (non-hydrogen) atoms. The van der Waals surface area contributed by atoms with E-state index < -0.39 is 0 Å². The molecule has 0 radical (unpaired) electrons. The summed E-state index contributed by atoms with van der Waals surface area (Å²) in [6, 6.07) is 41.9. The molecule has 6 heteroatoms. The Morgan fingerprint density at radius 2 is 0.976 bits per heavy atom. The van der Waals surface area contributed by atoms with Crippen LogP contribution in [0.15, 0.2) is 132 Å². The topological polar surface area (TPSA) is 64.7 Å². The van der Waals surface area contributed by atoms with Gasteiger partial charge in [-0.15, -0.1) is 0 Å². The standard InChI is InChI=1S/C36H21ClN4O/c37-28-16-9-15-27-30-26-14-7-8-17-29(26)42-33(30)31(38-32(27)28)22-18-20-25(21-19-22)36-40-34(23-10-3-1-4-11-23)39-35(41-36)24-12-5-2-6-13-24/h1-21H. The first-order valence-electron chi connectivity index (χ1n) is 13.6. The molecule has 0 N–H and O–H groups in total. The molecule has 0 aliphatic heterocycles. The molecule has 0 atom stereocenters. The number of rotatable bonds is 4. The van der Waals surface area contributed by atoms with E-state index in [4.69, 9.17) is 36.0 Å². The molecule has 0 saturated carbocycles. The highest BCUT2D eigenvalue weighted by atomic mass is 35.5. The van der Waals surface area contributed by atoms with Crippen molar-refractivity contribution in [3.05, 3.63) is 132 Å². The third kappa shape index (κ3) is 4.10. The molecule has 0 spiro atoms. The van der Waals surface area contributed by atoms with Crippen LogP contribution in [0.25, 0.3) is 78.3 Å². The van der Waals surface area contributed by atoms with Gasteiger partial charge < -0.3 is 4.42 Å². The lowest BCUT2D eigenvalue weighted by Gasteiger charge is -2.10. The molecule has 5 aromatic carbocycles. The van der Waals surface area contributed by atoms with E-state index >= 15 is 0 Å². The molecule has 0 aliphatic carbocycles. The molecule has 0 bridgehead atoms. The van der Waals surface area contributed by atoms with E-state index in [1.807, 2.05) is 121 Å². The van der Waals surface area contributed by atoms with Crippen LogP contribution in [0.5, 0.6) is 0 Å². The first kappa shape index (κ1) is 24.4. The third-order valence-electron chi connectivity index (χ3n) is 7.41. The summed E-state index contributed by atoms with van der Waals surface area (Å²) in [4.78, 5) is 19.5. The van der Waals surface area contributed by atoms with Gasteiger partial charge in [-0.2, -0.15) is 0 Å². The van der Waals surface area contributed by atoms with Crippen molar-refractivity contribution in [3.63, 3.8) is 0 Å². The lowest BCUT2D eigenvalue weighted by molar-refractivity contribution is 0.669. The zero-order valence-corrected chi connectivity index (χ0v) is 23.0. The highest BCUT2D eigenvalue weighted by Crippen LogP contribution is 2.41. The van der Waals surface area contributed by atoms with Crippen molar-refractivity contribution in [2.24, 2.45) is 0 Å². The average molecular weight is 561 g/mol. The quantitative estimate of drug-likeness (QED) is 0.214. The molecule has 0 saturated heterocycles. The smallest absolute Gasteiger partial charge is 0.164 e. The van der Waals surface area contributed by atoms with Crippen molar-refractivity contribution in [2.45, 2.75) is 0 Å². The molecular weight excluding hydrogens is 540 g/mol. The van der Waals surface area contributed by atoms with Crippen molar-refractivity contribution >= 4 is 44.4 Å². The van der Waals surface area contributed by atoms with Gasteiger partial charge in [0.2, 0.25) is 0 Å². The fraction of sp³-hybridized carbons (Fsp3) is 0. The zero-order chi connectivity index (χ0) is 28.0. The first-order valence-corrected chi connectivity index (χ1v) is 14.0. The van der Waals surface area contributed by atoms with Gasteiger partial charge in [0.1, 0.15) is 11.3 Å². The fourth-order valence-electron chi connectivity index (χ4n) is 5.38. The summed E-state index contributed by atoms with van der Waals surface area (Å²) in [6.45, 7) is 0. The predicted octanol–water partition coefficient (Wildman–Crippen LogP) is 9.64. The Hall–Kier alpha value is -5.39. The maximum Gasteiger partial charge on any atom is 0.164 e. The van der Waals surface area contributed by atoms with Gasteiger partial charge in [-0.3, -0.25) is 0 Å². The number of nitrogens with zero attached hydrogens (tertiary/aromatic N) is 4. The van der Waals surface area contributed by atoms with Crippen LogP contribution in [0, 0.1) is 0 Å². The number of pyridine rings is 1. The number of aromatic nitrogens is 4. The summed E-state index contributed by atoms with van der Waals surface area (Å²) in [5, 5.41) is 3.61. The summed E-state index contributed by atoms with van der Waals surface area (Å²) >= 11 is 6.66. The number of para-hydroxylation sites is 2. The van der Waals surface area contributed by atoms with Crippen LogP contribution in [-0.4, -0.2) is 19.9 Å². The second-order valence-electron chi connectivity index (χ2n) is 10.0. The Bertz CT molecular complexity index is 2190. The minimum atomic E-state index is 0.595. The highest BCUT2D eigenvalue weighted by Gasteiger charge is 2.19. The molecule has 0 unspecified atom stereocenters. The van der Waals surface area contributed by atoms with E-state index in [1.54, 1.807) is 0 Å². The molecule has 3 heterocycles. The minimum Gasteiger partial charge on any atom is -0.454 e. The van der Waals surface area contributed by atoms with Crippen LogP contribution in [-0.2, 0) is 0 Å². The molecule has 0 fully saturated rings. The summed E-state index contributed by atoms with van der Waals surface area (Å²) in [6.07, 6.45) is 0. The number of fused-ring (bicyclic) bond motifs is 5. The van der Waals surface area contributed by atoms with Gasteiger partial charge in [-0.1, -0.05) is 127 Å². The van der Waals surface area contributed by atoms with Crippen LogP contribution >= 0.6 is 11.6 Å². The summed E-state index contributed by atoms with van der Waals surface area (Å²) in [5.41, 5.74) is 6.66. The molecule has 0 aliphatic rings. The predicted molar refractivity (Wildman–Crippen MR) is 169 cm³/mol. The van der Waals surface area contributed by atoms with Gasteiger partial charge in [0.25, 0.3) is 0 Å². The molecular formula is C36H21ClN4O. The second-order valence-corrected chi connectivity index (χ2v) is 10.4. The molecule has 5 nitrogen and oxygen atoms in total. The number of furan rings is 1. The van der Waals surface area contributed by atoms with Crippen LogP contribution in [0.1, 0.15) is 0 Å². The van der Waals surface area contributed by atoms with Crippen LogP contribution in [0.3, 0.4) is 0 Å². The highest BCUT2D eigenvalue weighted by molar-refractivity contribution is 6.36. The summed E-state index contributed by atoms with van der Waals surface area (Å²) in [5.74, 6) is 1.84. The molecule has 198 valence electrons. The zero-order valence-electron chi connectivity index (χ0n) is 22.2. The van der Waals surface area contributed by atoms with Crippen molar-refractivity contribution in [2.75, 3.05) is 0 Å². The monoisotopic (exact) mass is 560 g/mol. The van der Waals surface area contributed by atoms with E-state index in [1.165, 1.54) is 0 Å². The normalized spacial score (nSPS) is 11.5. The van der Waals surface area contributed by atoms with Gasteiger partial charge in [0.15, 0.2) is 23.1 Å². The molecule has 8 aromatic rings. The van der Waals surface area contributed by atoms with Gasteiger partial charge in [0, 0.05) is 38.4 Å². The van der Waals surface area contributed by atoms with Crippen molar-refractivity contribution in [3.8, 4) is 45.4 Å². The van der Waals surface area contributed by atoms with E-state index in [0.29, 0.717) is 22.5 Å². The lowest BCUT2D eigenvalue weighted by atomic mass is 10.0. The van der Waals surface area contributed by atoms with Crippen LogP contribution < -0.4 is 0 Å². The maximum absolute atomic E-state index is 6.66. The second kappa shape index (κ2) is 9.91. The van der Waals surface area contributed by atoms with Gasteiger partial charge in [-0.25, -0.2) is 19.9 Å². The molecule has 0 amide bonds. The summed E-state index contributed by atoms with van der Waals surface area (Å²) < 4.78 is 6.39. The largest absolute Gasteiger partial charge is 0.454 e.